The number of anilines is 1. The molecule has 4 heteroatoms. The fraction of sp³-hybridized carbons (Fsp3) is 0.571. The molecule has 1 unspecified atom stereocenters. The van der Waals surface area contributed by atoms with Gasteiger partial charge in [0.25, 0.3) is 0 Å². The first-order valence-corrected chi connectivity index (χ1v) is 7.35. The van der Waals surface area contributed by atoms with E-state index in [2.05, 4.69) is 45.2 Å². The van der Waals surface area contributed by atoms with Gasteiger partial charge in [-0.2, -0.15) is 0 Å². The van der Waals surface area contributed by atoms with Gasteiger partial charge in [0.2, 0.25) is 0 Å². The van der Waals surface area contributed by atoms with Crippen LogP contribution in [0.4, 0.5) is 5.69 Å². The van der Waals surface area contributed by atoms with Gasteiger partial charge >= 0.3 is 0 Å². The molecule has 0 spiro atoms. The highest BCUT2D eigenvalue weighted by atomic mass is 79.9. The van der Waals surface area contributed by atoms with Gasteiger partial charge in [-0.3, -0.25) is 0 Å². The number of halogens is 1. The van der Waals surface area contributed by atoms with Gasteiger partial charge in [-0.1, -0.05) is 6.92 Å². The second-order valence-electron chi connectivity index (χ2n) is 4.70. The summed E-state index contributed by atoms with van der Waals surface area (Å²) >= 11 is 3.54. The zero-order chi connectivity index (χ0) is 13.0. The van der Waals surface area contributed by atoms with Crippen LogP contribution in [0.1, 0.15) is 19.8 Å². The van der Waals surface area contributed by atoms with Crippen LogP contribution in [0.5, 0.6) is 5.75 Å². The molecule has 1 aliphatic heterocycles. The maximum atomic E-state index is 5.26. The van der Waals surface area contributed by atoms with E-state index in [-0.39, 0.29) is 0 Å². The topological polar surface area (TPSA) is 24.5 Å². The van der Waals surface area contributed by atoms with Crippen LogP contribution < -0.4 is 15.0 Å². The Kier molecular flexibility index (Phi) is 4.89. The average molecular weight is 313 g/mol. The minimum absolute atomic E-state index is 0.630. The molecular formula is C14H21BrN2O. The van der Waals surface area contributed by atoms with Gasteiger partial charge in [0.15, 0.2) is 0 Å². The quantitative estimate of drug-likeness (QED) is 0.904. The van der Waals surface area contributed by atoms with Crippen LogP contribution in [-0.4, -0.2) is 32.8 Å². The number of hydrogen-bond donors (Lipinski definition) is 1. The number of rotatable bonds is 5. The molecule has 1 aromatic rings. The van der Waals surface area contributed by atoms with Crippen LogP contribution in [0.25, 0.3) is 0 Å². The Morgan fingerprint density at radius 1 is 1.50 bits per heavy atom. The highest BCUT2D eigenvalue weighted by Gasteiger charge is 2.22. The van der Waals surface area contributed by atoms with Crippen molar-refractivity contribution in [2.45, 2.75) is 25.8 Å². The summed E-state index contributed by atoms with van der Waals surface area (Å²) in [5, 5.41) is 3.59. The van der Waals surface area contributed by atoms with E-state index < -0.39 is 0 Å². The molecule has 0 aromatic heterocycles. The van der Waals surface area contributed by atoms with Crippen LogP contribution >= 0.6 is 15.9 Å². The molecule has 3 nitrogen and oxygen atoms in total. The van der Waals surface area contributed by atoms with E-state index in [1.807, 2.05) is 6.07 Å². The molecule has 1 fully saturated rings. The third-order valence-corrected chi connectivity index (χ3v) is 3.99. The molecule has 1 saturated heterocycles. The van der Waals surface area contributed by atoms with Gasteiger partial charge in [0.1, 0.15) is 5.75 Å². The fourth-order valence-electron chi connectivity index (χ4n) is 2.36. The van der Waals surface area contributed by atoms with Crippen molar-refractivity contribution >= 4 is 21.6 Å². The van der Waals surface area contributed by atoms with Crippen molar-refractivity contribution in [2.24, 2.45) is 0 Å². The van der Waals surface area contributed by atoms with Gasteiger partial charge < -0.3 is 15.0 Å². The van der Waals surface area contributed by atoms with Crippen molar-refractivity contribution in [1.29, 1.82) is 0 Å². The van der Waals surface area contributed by atoms with Crippen LogP contribution in [0.3, 0.4) is 0 Å². The van der Waals surface area contributed by atoms with E-state index >= 15 is 0 Å². The molecule has 0 amide bonds. The molecule has 1 heterocycles. The predicted octanol–water partition coefficient (Wildman–Crippen LogP) is 3.04. The van der Waals surface area contributed by atoms with Crippen molar-refractivity contribution in [3.8, 4) is 5.75 Å². The van der Waals surface area contributed by atoms with E-state index in [9.17, 15) is 0 Å². The lowest BCUT2D eigenvalue weighted by atomic mass is 10.2. The van der Waals surface area contributed by atoms with E-state index in [1.165, 1.54) is 18.5 Å². The summed E-state index contributed by atoms with van der Waals surface area (Å²) in [5.41, 5.74) is 1.27. The standard InChI is InChI=1S/C14H21BrN2O/c1-3-7-16-11-6-8-17(10-11)12-4-5-14(18-2)13(15)9-12/h4-5,9,11,16H,3,6-8,10H2,1-2H3. The molecule has 1 N–H and O–H groups in total. The molecular weight excluding hydrogens is 292 g/mol. The summed E-state index contributed by atoms with van der Waals surface area (Å²) < 4.78 is 6.28. The Bertz CT molecular complexity index is 397. The van der Waals surface area contributed by atoms with Crippen molar-refractivity contribution in [2.75, 3.05) is 31.6 Å². The number of benzene rings is 1. The van der Waals surface area contributed by atoms with E-state index in [0.29, 0.717) is 6.04 Å². The summed E-state index contributed by atoms with van der Waals surface area (Å²) in [6, 6.07) is 6.92. The molecule has 1 atom stereocenters. The SMILES string of the molecule is CCCNC1CCN(c2ccc(OC)c(Br)c2)C1. The minimum Gasteiger partial charge on any atom is -0.496 e. The van der Waals surface area contributed by atoms with E-state index in [1.54, 1.807) is 7.11 Å². The number of methoxy groups -OCH3 is 1. The van der Waals surface area contributed by atoms with Crippen LogP contribution in [0.2, 0.25) is 0 Å². The molecule has 0 saturated carbocycles. The van der Waals surface area contributed by atoms with E-state index in [0.717, 1.165) is 29.9 Å². The summed E-state index contributed by atoms with van der Waals surface area (Å²) in [6.07, 6.45) is 2.42. The largest absolute Gasteiger partial charge is 0.496 e. The lowest BCUT2D eigenvalue weighted by Crippen LogP contribution is -2.32. The molecule has 0 radical (unpaired) electrons. The minimum atomic E-state index is 0.630. The summed E-state index contributed by atoms with van der Waals surface area (Å²) in [4.78, 5) is 2.43. The van der Waals surface area contributed by atoms with Gasteiger partial charge in [-0.15, -0.1) is 0 Å². The summed E-state index contributed by atoms with van der Waals surface area (Å²) in [7, 11) is 1.69. The molecule has 1 aliphatic rings. The van der Waals surface area contributed by atoms with Crippen molar-refractivity contribution in [3.05, 3.63) is 22.7 Å². The van der Waals surface area contributed by atoms with Crippen molar-refractivity contribution in [3.63, 3.8) is 0 Å². The van der Waals surface area contributed by atoms with Gasteiger partial charge in [0.05, 0.1) is 11.6 Å². The first-order valence-electron chi connectivity index (χ1n) is 6.56. The number of ether oxygens (including phenoxy) is 1. The Labute approximate surface area is 118 Å². The molecule has 0 bridgehead atoms. The molecule has 18 heavy (non-hydrogen) atoms. The second kappa shape index (κ2) is 6.43. The van der Waals surface area contributed by atoms with Crippen LogP contribution in [0.15, 0.2) is 22.7 Å². The zero-order valence-corrected chi connectivity index (χ0v) is 12.7. The third kappa shape index (κ3) is 3.18. The maximum absolute atomic E-state index is 5.26. The Morgan fingerprint density at radius 2 is 2.33 bits per heavy atom. The Hall–Kier alpha value is -0.740. The zero-order valence-electron chi connectivity index (χ0n) is 11.1. The normalized spacial score (nSPS) is 19.3. The third-order valence-electron chi connectivity index (χ3n) is 3.37. The lowest BCUT2D eigenvalue weighted by Gasteiger charge is -2.20. The van der Waals surface area contributed by atoms with E-state index in [4.69, 9.17) is 4.74 Å². The van der Waals surface area contributed by atoms with Gasteiger partial charge in [0, 0.05) is 24.8 Å². The van der Waals surface area contributed by atoms with Crippen LogP contribution in [0, 0.1) is 0 Å². The highest BCUT2D eigenvalue weighted by molar-refractivity contribution is 9.10. The first-order chi connectivity index (χ1) is 8.74. The number of hydrogen-bond acceptors (Lipinski definition) is 3. The van der Waals surface area contributed by atoms with Gasteiger partial charge in [-0.25, -0.2) is 0 Å². The fourth-order valence-corrected chi connectivity index (χ4v) is 2.89. The summed E-state index contributed by atoms with van der Waals surface area (Å²) in [5.74, 6) is 0.888. The smallest absolute Gasteiger partial charge is 0.133 e. The van der Waals surface area contributed by atoms with Crippen molar-refractivity contribution < 1.29 is 4.74 Å². The highest BCUT2D eigenvalue weighted by Crippen LogP contribution is 2.30. The van der Waals surface area contributed by atoms with Crippen LogP contribution in [-0.2, 0) is 0 Å². The lowest BCUT2D eigenvalue weighted by molar-refractivity contribution is 0.412. The Morgan fingerprint density at radius 3 is 3.00 bits per heavy atom. The first kappa shape index (κ1) is 13.7. The molecule has 0 aliphatic carbocycles. The van der Waals surface area contributed by atoms with Crippen molar-refractivity contribution in [1.82, 2.24) is 5.32 Å². The number of nitrogens with one attached hydrogen (secondary N) is 1. The molecule has 100 valence electrons. The summed E-state index contributed by atoms with van der Waals surface area (Å²) in [6.45, 7) is 5.55. The molecule has 2 rings (SSSR count). The predicted molar refractivity (Wildman–Crippen MR) is 79.6 cm³/mol. The second-order valence-corrected chi connectivity index (χ2v) is 5.56. The average Bonchev–Trinajstić information content (AvgIpc) is 2.85. The van der Waals surface area contributed by atoms with Gasteiger partial charge in [-0.05, 0) is 53.5 Å². The Balaban J connectivity index is 1.98. The monoisotopic (exact) mass is 312 g/mol. The number of nitrogens with zero attached hydrogens (tertiary/aromatic N) is 1. The molecule has 1 aromatic carbocycles. The maximum Gasteiger partial charge on any atom is 0.133 e.